The Morgan fingerprint density at radius 3 is 3.04 bits per heavy atom. The Hall–Kier alpha value is -2.25. The highest BCUT2D eigenvalue weighted by atomic mass is 19.1. The summed E-state index contributed by atoms with van der Waals surface area (Å²) < 4.78 is 26.8. The van der Waals surface area contributed by atoms with E-state index in [1.54, 1.807) is 12.3 Å². The summed E-state index contributed by atoms with van der Waals surface area (Å²) in [6.07, 6.45) is 5.42. The summed E-state index contributed by atoms with van der Waals surface area (Å²) >= 11 is 0. The maximum absolute atomic E-state index is 13.2. The molecule has 2 fully saturated rings. The minimum absolute atomic E-state index is 0.109. The van der Waals surface area contributed by atoms with Gasteiger partial charge in [0.15, 0.2) is 0 Å². The number of amides is 1. The third kappa shape index (κ3) is 4.25. The number of hydrogen-bond donors (Lipinski definition) is 0. The zero-order valence-electron chi connectivity index (χ0n) is 16.1. The third-order valence-corrected chi connectivity index (χ3v) is 5.65. The van der Waals surface area contributed by atoms with E-state index >= 15 is 0 Å². The molecule has 28 heavy (non-hydrogen) atoms. The molecule has 1 spiro atoms. The van der Waals surface area contributed by atoms with E-state index in [4.69, 9.17) is 9.47 Å². The van der Waals surface area contributed by atoms with Crippen molar-refractivity contribution in [3.05, 3.63) is 53.9 Å². The predicted octanol–water partition coefficient (Wildman–Crippen LogP) is 2.56. The van der Waals surface area contributed by atoms with Crippen LogP contribution in [0.1, 0.15) is 24.2 Å². The first kappa shape index (κ1) is 19.1. The molecule has 2 saturated heterocycles. The molecule has 1 unspecified atom stereocenters. The molecule has 1 aromatic heterocycles. The van der Waals surface area contributed by atoms with Gasteiger partial charge in [-0.15, -0.1) is 0 Å². The van der Waals surface area contributed by atoms with Gasteiger partial charge in [-0.05, 0) is 43.4 Å². The van der Waals surface area contributed by atoms with Gasteiger partial charge in [0.05, 0.1) is 26.3 Å². The maximum atomic E-state index is 13.2. The number of nitrogens with zero attached hydrogens (tertiary/aromatic N) is 3. The van der Waals surface area contributed by atoms with Crippen molar-refractivity contribution in [3.8, 4) is 0 Å². The molecule has 0 N–H and O–H groups in total. The number of aromatic nitrogens is 2. The van der Waals surface area contributed by atoms with E-state index in [9.17, 15) is 9.18 Å². The Kier molecular flexibility index (Phi) is 5.46. The number of carbonyl (C=O) groups excluding carboxylic acids is 1. The second-order valence-electron chi connectivity index (χ2n) is 7.89. The summed E-state index contributed by atoms with van der Waals surface area (Å²) in [5, 5.41) is 0. The topological polar surface area (TPSA) is 56.6 Å². The molecule has 1 atom stereocenters. The fourth-order valence-electron chi connectivity index (χ4n) is 4.05. The van der Waals surface area contributed by atoms with Crippen LogP contribution in [0.5, 0.6) is 0 Å². The fraction of sp³-hybridized carbons (Fsp3) is 0.524. The number of imidazole rings is 1. The SMILES string of the molecule is Cc1nccn1CC(=O)N1CC2(CC(CCOCc3cccc(F)c3)CO2)C1. The van der Waals surface area contributed by atoms with Gasteiger partial charge in [-0.1, -0.05) is 12.1 Å². The Balaban J connectivity index is 1.16. The summed E-state index contributed by atoms with van der Waals surface area (Å²) in [5.74, 6) is 1.16. The van der Waals surface area contributed by atoms with Gasteiger partial charge in [-0.3, -0.25) is 4.79 Å². The van der Waals surface area contributed by atoms with Crippen LogP contribution in [0.2, 0.25) is 0 Å². The van der Waals surface area contributed by atoms with Crippen LogP contribution in [0.3, 0.4) is 0 Å². The Morgan fingerprint density at radius 1 is 1.43 bits per heavy atom. The smallest absolute Gasteiger partial charge is 0.242 e. The number of ether oxygens (including phenoxy) is 2. The van der Waals surface area contributed by atoms with Crippen molar-refractivity contribution < 1.29 is 18.7 Å². The van der Waals surface area contributed by atoms with Crippen LogP contribution in [-0.2, 0) is 27.4 Å². The summed E-state index contributed by atoms with van der Waals surface area (Å²) in [6, 6.07) is 6.49. The zero-order chi connectivity index (χ0) is 19.6. The van der Waals surface area contributed by atoms with E-state index in [-0.39, 0.29) is 17.3 Å². The van der Waals surface area contributed by atoms with Crippen LogP contribution in [-0.4, -0.2) is 52.3 Å². The molecule has 3 heterocycles. The average molecular weight is 387 g/mol. The van der Waals surface area contributed by atoms with E-state index in [2.05, 4.69) is 4.98 Å². The minimum atomic E-state index is -0.237. The van der Waals surface area contributed by atoms with Crippen molar-refractivity contribution in [1.82, 2.24) is 14.5 Å². The average Bonchev–Trinajstić information content (AvgIpc) is 3.24. The molecule has 0 saturated carbocycles. The molecule has 2 aliphatic heterocycles. The molecule has 6 nitrogen and oxygen atoms in total. The third-order valence-electron chi connectivity index (χ3n) is 5.65. The van der Waals surface area contributed by atoms with E-state index in [0.717, 1.165) is 24.2 Å². The molecular formula is C21H26FN3O3. The number of benzene rings is 1. The van der Waals surface area contributed by atoms with E-state index in [1.807, 2.05) is 28.7 Å². The molecule has 1 aromatic carbocycles. The molecule has 2 aliphatic rings. The molecule has 1 amide bonds. The van der Waals surface area contributed by atoms with Crippen molar-refractivity contribution in [3.63, 3.8) is 0 Å². The van der Waals surface area contributed by atoms with Gasteiger partial charge in [0.25, 0.3) is 0 Å². The van der Waals surface area contributed by atoms with Gasteiger partial charge < -0.3 is 18.9 Å². The normalized spacial score (nSPS) is 20.5. The monoisotopic (exact) mass is 387 g/mol. The molecule has 7 heteroatoms. The molecule has 0 radical (unpaired) electrons. The van der Waals surface area contributed by atoms with E-state index < -0.39 is 0 Å². The Labute approximate surface area is 164 Å². The number of halogens is 1. The Bertz CT molecular complexity index is 832. The highest BCUT2D eigenvalue weighted by Crippen LogP contribution is 2.39. The second-order valence-corrected chi connectivity index (χ2v) is 7.89. The van der Waals surface area contributed by atoms with Crippen molar-refractivity contribution in [1.29, 1.82) is 0 Å². The standard InChI is InChI=1S/C21H26FN3O3/c1-16-23-6-7-24(16)11-20(26)25-14-21(15-25)10-18(13-28-21)5-8-27-12-17-3-2-4-19(22)9-17/h2-4,6-7,9,18H,5,8,10-15H2,1H3. The van der Waals surface area contributed by atoms with Crippen LogP contribution in [0, 0.1) is 18.7 Å². The van der Waals surface area contributed by atoms with Crippen LogP contribution >= 0.6 is 0 Å². The first-order valence-electron chi connectivity index (χ1n) is 9.75. The van der Waals surface area contributed by atoms with Crippen LogP contribution in [0.4, 0.5) is 4.39 Å². The zero-order valence-corrected chi connectivity index (χ0v) is 16.1. The number of carbonyl (C=O) groups is 1. The molecular weight excluding hydrogens is 361 g/mol. The number of aryl methyl sites for hydroxylation is 1. The lowest BCUT2D eigenvalue weighted by Crippen LogP contribution is -2.63. The van der Waals surface area contributed by atoms with Crippen molar-refractivity contribution in [2.45, 2.75) is 38.5 Å². The van der Waals surface area contributed by atoms with Crippen molar-refractivity contribution >= 4 is 5.91 Å². The van der Waals surface area contributed by atoms with Crippen LogP contribution in [0.15, 0.2) is 36.7 Å². The predicted molar refractivity (Wildman–Crippen MR) is 101 cm³/mol. The quantitative estimate of drug-likeness (QED) is 0.685. The molecule has 150 valence electrons. The van der Waals surface area contributed by atoms with E-state index in [1.165, 1.54) is 12.1 Å². The first-order chi connectivity index (χ1) is 13.5. The lowest BCUT2D eigenvalue weighted by atomic mass is 9.86. The summed E-state index contributed by atoms with van der Waals surface area (Å²) in [4.78, 5) is 18.4. The van der Waals surface area contributed by atoms with Gasteiger partial charge in [0.2, 0.25) is 5.91 Å². The molecule has 0 aliphatic carbocycles. The fourth-order valence-corrected chi connectivity index (χ4v) is 4.05. The molecule has 4 rings (SSSR count). The maximum Gasteiger partial charge on any atom is 0.242 e. The van der Waals surface area contributed by atoms with Gasteiger partial charge in [0, 0.05) is 19.0 Å². The second kappa shape index (κ2) is 8.01. The number of rotatable bonds is 7. The van der Waals surface area contributed by atoms with Crippen LogP contribution < -0.4 is 0 Å². The van der Waals surface area contributed by atoms with Crippen molar-refractivity contribution in [2.75, 3.05) is 26.3 Å². The highest BCUT2D eigenvalue weighted by molar-refractivity contribution is 5.77. The van der Waals surface area contributed by atoms with Crippen LogP contribution in [0.25, 0.3) is 0 Å². The van der Waals surface area contributed by atoms with Gasteiger partial charge in [0.1, 0.15) is 23.8 Å². The van der Waals surface area contributed by atoms with E-state index in [0.29, 0.717) is 45.4 Å². The largest absolute Gasteiger partial charge is 0.377 e. The van der Waals surface area contributed by atoms with Crippen molar-refractivity contribution in [2.24, 2.45) is 5.92 Å². The first-order valence-corrected chi connectivity index (χ1v) is 9.75. The molecule has 2 aromatic rings. The minimum Gasteiger partial charge on any atom is -0.377 e. The van der Waals surface area contributed by atoms with Gasteiger partial charge in [-0.25, -0.2) is 9.37 Å². The molecule has 0 bridgehead atoms. The summed E-state index contributed by atoms with van der Waals surface area (Å²) in [5.41, 5.74) is 0.674. The summed E-state index contributed by atoms with van der Waals surface area (Å²) in [6.45, 7) is 5.33. The summed E-state index contributed by atoms with van der Waals surface area (Å²) in [7, 11) is 0. The van der Waals surface area contributed by atoms with Gasteiger partial charge in [-0.2, -0.15) is 0 Å². The highest BCUT2D eigenvalue weighted by Gasteiger charge is 2.50. The Morgan fingerprint density at radius 2 is 2.29 bits per heavy atom. The lowest BCUT2D eigenvalue weighted by Gasteiger charge is -2.47. The lowest BCUT2D eigenvalue weighted by molar-refractivity contribution is -0.158. The van der Waals surface area contributed by atoms with Gasteiger partial charge >= 0.3 is 0 Å². The number of hydrogen-bond acceptors (Lipinski definition) is 4. The number of likely N-dealkylation sites (tertiary alicyclic amines) is 1.